The molecule has 0 fully saturated rings. The van der Waals surface area contributed by atoms with E-state index in [-0.39, 0.29) is 26.1 Å². The Balaban J connectivity index is 1.49. The van der Waals surface area contributed by atoms with Crippen LogP contribution in [-0.4, -0.2) is 53.3 Å². The maximum Gasteiger partial charge on any atom is 0.331 e. The van der Waals surface area contributed by atoms with Crippen LogP contribution in [-0.2, 0) is 38.8 Å². The molecule has 4 N–H and O–H groups in total. The number of allylic oxidation sites excluding steroid dienone is 1. The highest BCUT2D eigenvalue weighted by atomic mass is 16.5. The van der Waals surface area contributed by atoms with Gasteiger partial charge in [0.2, 0.25) is 11.8 Å². The van der Waals surface area contributed by atoms with E-state index in [1.165, 1.54) is 6.08 Å². The van der Waals surface area contributed by atoms with Crippen molar-refractivity contribution in [2.45, 2.75) is 44.6 Å². The first-order valence-corrected chi connectivity index (χ1v) is 13.8. The van der Waals surface area contributed by atoms with Gasteiger partial charge in [-0.3, -0.25) is 9.59 Å². The predicted molar refractivity (Wildman–Crippen MR) is 158 cm³/mol. The molecule has 0 bridgehead atoms. The zero-order valence-electron chi connectivity index (χ0n) is 23.5. The van der Waals surface area contributed by atoms with Gasteiger partial charge in [0, 0.05) is 6.42 Å². The first kappa shape index (κ1) is 32.0. The van der Waals surface area contributed by atoms with Gasteiger partial charge in [-0.05, 0) is 41.7 Å². The molecule has 0 aliphatic carbocycles. The lowest BCUT2D eigenvalue weighted by molar-refractivity contribution is -0.150. The summed E-state index contributed by atoms with van der Waals surface area (Å²) in [7, 11) is 0. The van der Waals surface area contributed by atoms with Gasteiger partial charge in [0.1, 0.15) is 19.0 Å². The number of esters is 1. The molecular weight excluding hydrogens is 536 g/mol. The summed E-state index contributed by atoms with van der Waals surface area (Å²) < 4.78 is 11.0. The second-order valence-corrected chi connectivity index (χ2v) is 9.83. The van der Waals surface area contributed by atoms with Crippen LogP contribution in [0.1, 0.15) is 29.5 Å². The van der Waals surface area contributed by atoms with E-state index in [0.29, 0.717) is 18.8 Å². The fraction of sp³-hybridized carbons (Fsp3) is 0.303. The molecule has 3 aromatic carbocycles. The molecule has 9 nitrogen and oxygen atoms in total. The van der Waals surface area contributed by atoms with E-state index in [1.54, 1.807) is 24.3 Å². The van der Waals surface area contributed by atoms with Crippen LogP contribution in [0.25, 0.3) is 0 Å². The van der Waals surface area contributed by atoms with Gasteiger partial charge in [-0.25, -0.2) is 4.79 Å². The standard InChI is InChI=1S/C33H38N2O7/c1-2-9-27(32(39)35-30(21-37)33(40)42-23-26-12-7-4-8-13-26)19-31(38)34-28(20-36)18-24-14-16-29(17-15-24)41-22-25-10-5-3-6-11-25/h2-8,10-17,27-28,30,36-37H,1,9,18-23H2,(H,34,38)(H,35,39). The lowest BCUT2D eigenvalue weighted by atomic mass is 9.98. The average Bonchev–Trinajstić information content (AvgIpc) is 3.02. The van der Waals surface area contributed by atoms with Crippen LogP contribution in [0.3, 0.4) is 0 Å². The molecule has 0 radical (unpaired) electrons. The smallest absolute Gasteiger partial charge is 0.331 e. The zero-order valence-corrected chi connectivity index (χ0v) is 23.5. The van der Waals surface area contributed by atoms with Crippen LogP contribution < -0.4 is 15.4 Å². The Bertz CT molecular complexity index is 1270. The Hall–Kier alpha value is -4.47. The second-order valence-electron chi connectivity index (χ2n) is 9.83. The fourth-order valence-electron chi connectivity index (χ4n) is 4.20. The number of carbonyl (C=O) groups excluding carboxylic acids is 3. The molecule has 0 saturated carbocycles. The Kier molecular flexibility index (Phi) is 13.3. The molecule has 3 rings (SSSR count). The molecule has 9 heteroatoms. The number of carbonyl (C=O) groups is 3. The van der Waals surface area contributed by atoms with Crippen LogP contribution in [0.5, 0.6) is 5.75 Å². The molecule has 0 spiro atoms. The summed E-state index contributed by atoms with van der Waals surface area (Å²) in [6, 6.07) is 24.4. The maximum atomic E-state index is 12.9. The van der Waals surface area contributed by atoms with Gasteiger partial charge in [0.25, 0.3) is 0 Å². The number of hydrogen-bond donors (Lipinski definition) is 4. The number of rotatable bonds is 17. The van der Waals surface area contributed by atoms with Crippen molar-refractivity contribution in [3.05, 3.63) is 114 Å². The quantitative estimate of drug-likeness (QED) is 0.144. The first-order valence-electron chi connectivity index (χ1n) is 13.8. The van der Waals surface area contributed by atoms with E-state index in [1.807, 2.05) is 60.7 Å². The van der Waals surface area contributed by atoms with Crippen molar-refractivity contribution >= 4 is 17.8 Å². The predicted octanol–water partition coefficient (Wildman–Crippen LogP) is 3.09. The molecule has 3 unspecified atom stereocenters. The van der Waals surface area contributed by atoms with E-state index in [2.05, 4.69) is 17.2 Å². The van der Waals surface area contributed by atoms with E-state index >= 15 is 0 Å². The third-order valence-corrected chi connectivity index (χ3v) is 6.50. The van der Waals surface area contributed by atoms with Crippen molar-refractivity contribution in [1.82, 2.24) is 10.6 Å². The van der Waals surface area contributed by atoms with E-state index in [0.717, 1.165) is 16.7 Å². The maximum absolute atomic E-state index is 12.9. The van der Waals surface area contributed by atoms with Crippen LogP contribution in [0.2, 0.25) is 0 Å². The summed E-state index contributed by atoms with van der Waals surface area (Å²) in [4.78, 5) is 38.2. The third kappa shape index (κ3) is 10.8. The lowest BCUT2D eigenvalue weighted by Gasteiger charge is -2.21. The van der Waals surface area contributed by atoms with Gasteiger partial charge in [0.15, 0.2) is 6.04 Å². The minimum Gasteiger partial charge on any atom is -0.489 e. The Morgan fingerprint density at radius 1 is 0.786 bits per heavy atom. The van der Waals surface area contributed by atoms with Gasteiger partial charge in [-0.15, -0.1) is 6.58 Å². The van der Waals surface area contributed by atoms with Gasteiger partial charge >= 0.3 is 5.97 Å². The highest BCUT2D eigenvalue weighted by Gasteiger charge is 2.28. The zero-order chi connectivity index (χ0) is 30.2. The Labute approximate surface area is 246 Å². The summed E-state index contributed by atoms with van der Waals surface area (Å²) in [5.74, 6) is -1.94. The number of benzene rings is 3. The molecule has 0 heterocycles. The lowest BCUT2D eigenvalue weighted by Crippen LogP contribution is -2.48. The summed E-state index contributed by atoms with van der Waals surface area (Å²) >= 11 is 0. The molecular formula is C33H38N2O7. The van der Waals surface area contributed by atoms with Crippen molar-refractivity contribution in [2.24, 2.45) is 5.92 Å². The summed E-state index contributed by atoms with van der Waals surface area (Å²) in [5.41, 5.74) is 2.71. The SMILES string of the molecule is C=CCC(CC(=O)NC(CO)Cc1ccc(OCc2ccccc2)cc1)C(=O)NC(CO)C(=O)OCc1ccccc1. The monoisotopic (exact) mass is 574 g/mol. The molecule has 3 atom stereocenters. The molecule has 222 valence electrons. The van der Waals surface area contributed by atoms with Crippen molar-refractivity contribution < 1.29 is 34.1 Å². The Morgan fingerprint density at radius 2 is 1.40 bits per heavy atom. The Morgan fingerprint density at radius 3 is 1.98 bits per heavy atom. The summed E-state index contributed by atoms with van der Waals surface area (Å²) in [6.45, 7) is 3.15. The number of amides is 2. The van der Waals surface area contributed by atoms with Crippen molar-refractivity contribution in [3.8, 4) is 5.75 Å². The van der Waals surface area contributed by atoms with Crippen LogP contribution in [0, 0.1) is 5.92 Å². The van der Waals surface area contributed by atoms with Crippen LogP contribution >= 0.6 is 0 Å². The minimum absolute atomic E-state index is 0.00345. The summed E-state index contributed by atoms with van der Waals surface area (Å²) in [5, 5.41) is 24.8. The topological polar surface area (TPSA) is 134 Å². The fourth-order valence-corrected chi connectivity index (χ4v) is 4.20. The molecule has 3 aromatic rings. The molecule has 0 aliphatic rings. The number of aliphatic hydroxyl groups excluding tert-OH is 2. The second kappa shape index (κ2) is 17.4. The largest absolute Gasteiger partial charge is 0.489 e. The number of nitrogens with one attached hydrogen (secondary N) is 2. The number of aliphatic hydroxyl groups is 2. The highest BCUT2D eigenvalue weighted by Crippen LogP contribution is 2.16. The third-order valence-electron chi connectivity index (χ3n) is 6.50. The number of hydrogen-bond acceptors (Lipinski definition) is 7. The van der Waals surface area contributed by atoms with E-state index in [9.17, 15) is 24.6 Å². The normalized spacial score (nSPS) is 12.8. The van der Waals surface area contributed by atoms with Crippen LogP contribution in [0.15, 0.2) is 97.6 Å². The van der Waals surface area contributed by atoms with Gasteiger partial charge in [-0.2, -0.15) is 0 Å². The van der Waals surface area contributed by atoms with Gasteiger partial charge in [0.05, 0.1) is 25.2 Å². The van der Waals surface area contributed by atoms with Crippen molar-refractivity contribution in [3.63, 3.8) is 0 Å². The molecule has 0 saturated heterocycles. The van der Waals surface area contributed by atoms with Crippen molar-refractivity contribution in [1.29, 1.82) is 0 Å². The summed E-state index contributed by atoms with van der Waals surface area (Å²) in [6.07, 6.45) is 1.85. The number of ether oxygens (including phenoxy) is 2. The van der Waals surface area contributed by atoms with Gasteiger partial charge < -0.3 is 30.3 Å². The average molecular weight is 575 g/mol. The molecule has 42 heavy (non-hydrogen) atoms. The molecule has 2 amide bonds. The highest BCUT2D eigenvalue weighted by molar-refractivity contribution is 5.89. The first-order chi connectivity index (χ1) is 20.4. The molecule has 0 aromatic heterocycles. The van der Waals surface area contributed by atoms with Gasteiger partial charge in [-0.1, -0.05) is 78.9 Å². The van der Waals surface area contributed by atoms with Crippen LogP contribution in [0.4, 0.5) is 0 Å². The van der Waals surface area contributed by atoms with E-state index in [4.69, 9.17) is 9.47 Å². The molecule has 0 aliphatic heterocycles. The minimum atomic E-state index is -1.28. The van der Waals surface area contributed by atoms with Crippen molar-refractivity contribution in [2.75, 3.05) is 13.2 Å². The van der Waals surface area contributed by atoms with E-state index < -0.39 is 42.4 Å².